The Hall–Kier alpha value is -2.59. The van der Waals surface area contributed by atoms with Gasteiger partial charge in [-0.25, -0.2) is 0 Å². The third kappa shape index (κ3) is 6.47. The summed E-state index contributed by atoms with van der Waals surface area (Å²) >= 11 is 1.07. The van der Waals surface area contributed by atoms with Crippen molar-refractivity contribution in [3.63, 3.8) is 0 Å². The predicted octanol–water partition coefficient (Wildman–Crippen LogP) is 1.92. The molecule has 156 valence electrons. The summed E-state index contributed by atoms with van der Waals surface area (Å²) in [4.78, 5) is 28.0. The monoisotopic (exact) mass is 419 g/mol. The molecule has 2 N–H and O–H groups in total. The highest BCUT2D eigenvalue weighted by Gasteiger charge is 2.27. The quantitative estimate of drug-likeness (QED) is 0.662. The van der Waals surface area contributed by atoms with Crippen LogP contribution in [0.15, 0.2) is 41.1 Å². The number of piperazine rings is 1. The molecule has 0 radical (unpaired) electrons. The Kier molecular flexibility index (Phi) is 7.48. The highest BCUT2D eigenvalue weighted by atomic mass is 32.2. The number of carbonyl (C=O) groups is 2. The number of carbonyl (C=O) groups excluding carboxylic acids is 2. The highest BCUT2D eigenvalue weighted by Crippen LogP contribution is 2.12. The van der Waals surface area contributed by atoms with E-state index in [1.54, 1.807) is 11.0 Å². The van der Waals surface area contributed by atoms with Gasteiger partial charge in [0.15, 0.2) is 0 Å². The molecule has 2 heterocycles. The largest absolute Gasteiger partial charge is 0.317 e. The lowest BCUT2D eigenvalue weighted by atomic mass is 10.2. The number of anilines is 2. The van der Waals surface area contributed by atoms with Gasteiger partial charge < -0.3 is 5.32 Å². The van der Waals surface area contributed by atoms with Gasteiger partial charge in [0.05, 0.1) is 17.9 Å². The Balaban J connectivity index is 1.37. The molecule has 1 aliphatic heterocycles. The lowest BCUT2D eigenvalue weighted by Crippen LogP contribution is -2.65. The Morgan fingerprint density at radius 2 is 1.90 bits per heavy atom. The fourth-order valence-electron chi connectivity index (χ4n) is 2.97. The zero-order chi connectivity index (χ0) is 20.6. The van der Waals surface area contributed by atoms with Gasteiger partial charge in [0, 0.05) is 37.0 Å². The van der Waals surface area contributed by atoms with Crippen LogP contribution in [-0.4, -0.2) is 59.3 Å². The van der Waals surface area contributed by atoms with Gasteiger partial charge in [0.25, 0.3) is 11.4 Å². The van der Waals surface area contributed by atoms with Gasteiger partial charge in [-0.05, 0) is 26.0 Å². The van der Waals surface area contributed by atoms with Crippen molar-refractivity contribution in [1.82, 2.24) is 10.2 Å². The normalized spacial score (nSPS) is 14.8. The maximum atomic E-state index is 12.1. The molecule has 0 bridgehead atoms. The SMILES string of the molecule is CC(C)N1CCN([n+]2cc(NC(=O)CCSC(=O)Nc3ccccc3)on2)CC1. The summed E-state index contributed by atoms with van der Waals surface area (Å²) in [6, 6.07) is 9.73. The lowest BCUT2D eigenvalue weighted by Gasteiger charge is -2.32. The third-order valence-electron chi connectivity index (χ3n) is 4.61. The number of nitrogens with one attached hydrogen (secondary N) is 2. The van der Waals surface area contributed by atoms with E-state index in [9.17, 15) is 9.59 Å². The number of benzene rings is 1. The molecular formula is C19H27N6O3S+. The first-order chi connectivity index (χ1) is 14.0. The van der Waals surface area contributed by atoms with Crippen molar-refractivity contribution in [2.75, 3.05) is 47.6 Å². The fourth-order valence-corrected chi connectivity index (χ4v) is 3.63. The van der Waals surface area contributed by atoms with Crippen LogP contribution in [0.5, 0.6) is 0 Å². The second-order valence-electron chi connectivity index (χ2n) is 7.00. The molecule has 1 saturated heterocycles. The minimum absolute atomic E-state index is 0.193. The van der Waals surface area contributed by atoms with Crippen LogP contribution in [0.25, 0.3) is 0 Å². The first-order valence-electron chi connectivity index (χ1n) is 9.68. The van der Waals surface area contributed by atoms with Crippen molar-refractivity contribution in [2.24, 2.45) is 0 Å². The van der Waals surface area contributed by atoms with E-state index < -0.39 is 0 Å². The maximum Gasteiger partial charge on any atom is 0.305 e. The molecule has 0 atom stereocenters. The minimum atomic E-state index is -0.224. The zero-order valence-corrected chi connectivity index (χ0v) is 17.5. The number of nitrogens with zero attached hydrogens (tertiary/aromatic N) is 4. The first kappa shape index (κ1) is 21.1. The van der Waals surface area contributed by atoms with E-state index in [1.807, 2.05) is 30.3 Å². The van der Waals surface area contributed by atoms with E-state index in [4.69, 9.17) is 4.52 Å². The Labute approximate surface area is 174 Å². The van der Waals surface area contributed by atoms with E-state index in [0.717, 1.165) is 43.6 Å². The molecule has 1 fully saturated rings. The summed E-state index contributed by atoms with van der Waals surface area (Å²) in [6.07, 6.45) is 1.86. The maximum absolute atomic E-state index is 12.1. The van der Waals surface area contributed by atoms with E-state index in [1.165, 1.54) is 0 Å². The van der Waals surface area contributed by atoms with E-state index in [2.05, 4.69) is 39.7 Å². The predicted molar refractivity (Wildman–Crippen MR) is 113 cm³/mol. The van der Waals surface area contributed by atoms with Crippen molar-refractivity contribution >= 4 is 34.5 Å². The zero-order valence-electron chi connectivity index (χ0n) is 16.7. The van der Waals surface area contributed by atoms with Crippen molar-refractivity contribution in [3.8, 4) is 0 Å². The molecule has 0 saturated carbocycles. The number of hydrogen-bond donors (Lipinski definition) is 2. The van der Waals surface area contributed by atoms with E-state index in [-0.39, 0.29) is 17.6 Å². The number of amides is 2. The van der Waals surface area contributed by atoms with Gasteiger partial charge in [-0.2, -0.15) is 5.01 Å². The molecule has 1 aromatic carbocycles. The van der Waals surface area contributed by atoms with Crippen molar-refractivity contribution < 1.29 is 18.9 Å². The molecule has 2 amide bonds. The summed E-state index contributed by atoms with van der Waals surface area (Å²) < 4.78 is 5.21. The van der Waals surface area contributed by atoms with Crippen LogP contribution >= 0.6 is 11.8 Å². The summed E-state index contributed by atoms with van der Waals surface area (Å²) in [6.45, 7) is 7.99. The molecule has 3 rings (SSSR count). The molecule has 2 aromatic rings. The summed E-state index contributed by atoms with van der Waals surface area (Å²) in [5.74, 6) is 0.438. The number of rotatable bonds is 7. The molecule has 1 aromatic heterocycles. The molecule has 1 aliphatic rings. The molecule has 0 spiro atoms. The summed E-state index contributed by atoms with van der Waals surface area (Å²) in [7, 11) is 0. The fraction of sp³-hybridized carbons (Fsp3) is 0.474. The van der Waals surface area contributed by atoms with E-state index >= 15 is 0 Å². The van der Waals surface area contributed by atoms with Gasteiger partial charge in [-0.1, -0.05) is 30.0 Å². The Morgan fingerprint density at radius 1 is 1.17 bits per heavy atom. The van der Waals surface area contributed by atoms with Crippen molar-refractivity contribution in [3.05, 3.63) is 36.5 Å². The molecule has 0 unspecified atom stereocenters. The molecular weight excluding hydrogens is 392 g/mol. The number of para-hydroxylation sites is 1. The smallest absolute Gasteiger partial charge is 0.305 e. The Morgan fingerprint density at radius 3 is 2.59 bits per heavy atom. The van der Waals surface area contributed by atoms with Crippen LogP contribution in [0.3, 0.4) is 0 Å². The second-order valence-corrected chi connectivity index (χ2v) is 8.06. The van der Waals surface area contributed by atoms with Gasteiger partial charge in [-0.15, -0.1) is 0 Å². The number of aromatic nitrogens is 2. The van der Waals surface area contributed by atoms with Crippen molar-refractivity contribution in [2.45, 2.75) is 26.3 Å². The minimum Gasteiger partial charge on any atom is -0.317 e. The van der Waals surface area contributed by atoms with Gasteiger partial charge in [0.1, 0.15) is 0 Å². The molecule has 0 aliphatic carbocycles. The van der Waals surface area contributed by atoms with Crippen LogP contribution in [-0.2, 0) is 4.79 Å². The van der Waals surface area contributed by atoms with Gasteiger partial charge in [-0.3, -0.25) is 24.3 Å². The lowest BCUT2D eigenvalue weighted by molar-refractivity contribution is -0.759. The standard InChI is InChI=1S/C19H26N6O3S/c1-15(2)23-9-11-24(12-10-23)25-14-18(28-22-25)21-17(26)8-13-29-19(27)20-16-6-4-3-5-7-16/h3-7,14-15H,8-13H2,1-2H3,(H-,20,21,22,26,27)/p+1. The third-order valence-corrected chi connectivity index (χ3v) is 5.38. The number of thioether (sulfide) groups is 1. The van der Waals surface area contributed by atoms with Crippen LogP contribution < -0.4 is 20.4 Å². The number of hydrogen-bond acceptors (Lipinski definition) is 7. The highest BCUT2D eigenvalue weighted by molar-refractivity contribution is 8.13. The van der Waals surface area contributed by atoms with Crippen LogP contribution in [0.1, 0.15) is 20.3 Å². The molecule has 9 nitrogen and oxygen atoms in total. The van der Waals surface area contributed by atoms with Crippen molar-refractivity contribution in [1.29, 1.82) is 0 Å². The van der Waals surface area contributed by atoms with Crippen LogP contribution in [0, 0.1) is 0 Å². The molecule has 10 heteroatoms. The van der Waals surface area contributed by atoms with E-state index in [0.29, 0.717) is 17.7 Å². The topological polar surface area (TPSA) is 94.6 Å². The van der Waals surface area contributed by atoms with Crippen LogP contribution in [0.2, 0.25) is 0 Å². The molecule has 29 heavy (non-hydrogen) atoms. The van der Waals surface area contributed by atoms with Crippen LogP contribution in [0.4, 0.5) is 16.4 Å². The summed E-state index contributed by atoms with van der Waals surface area (Å²) in [5.41, 5.74) is 0.731. The average Bonchev–Trinajstić information content (AvgIpc) is 3.17. The van der Waals surface area contributed by atoms with Gasteiger partial charge in [0.2, 0.25) is 11.2 Å². The summed E-state index contributed by atoms with van der Waals surface area (Å²) in [5, 5.41) is 11.3. The first-order valence-corrected chi connectivity index (χ1v) is 10.7. The second kappa shape index (κ2) is 10.3. The van der Waals surface area contributed by atoms with Gasteiger partial charge >= 0.3 is 5.88 Å². The Bertz CT molecular complexity index is 805. The average molecular weight is 420 g/mol.